The highest BCUT2D eigenvalue weighted by atomic mass is 16.7. The van der Waals surface area contributed by atoms with Crippen LogP contribution in [0.15, 0.2) is 11.8 Å². The minimum atomic E-state index is -1.64. The molecular formula is C25H48N6O9. The smallest absolute Gasteiger partial charge is 0.252 e. The molecule has 10 atom stereocenters. The third kappa shape index (κ3) is 7.87. The van der Waals surface area contributed by atoms with Crippen molar-refractivity contribution in [1.82, 2.24) is 16.0 Å². The normalized spacial score (nSPS) is 38.4. The molecule has 40 heavy (non-hydrogen) atoms. The average molecular weight is 577 g/mol. The van der Waals surface area contributed by atoms with Gasteiger partial charge in [0.1, 0.15) is 35.8 Å². The number of hydrogen-bond acceptors (Lipinski definition) is 14. The van der Waals surface area contributed by atoms with Crippen molar-refractivity contribution in [3.8, 4) is 0 Å². The second kappa shape index (κ2) is 14.6. The Morgan fingerprint density at radius 2 is 1.93 bits per heavy atom. The van der Waals surface area contributed by atoms with Gasteiger partial charge in [-0.15, -0.1) is 0 Å². The summed E-state index contributed by atoms with van der Waals surface area (Å²) in [6.45, 7) is 1.68. The van der Waals surface area contributed by atoms with E-state index in [1.165, 1.54) is 0 Å². The van der Waals surface area contributed by atoms with Gasteiger partial charge in [0.05, 0.1) is 31.8 Å². The van der Waals surface area contributed by atoms with E-state index < -0.39 is 72.7 Å². The molecule has 0 unspecified atom stereocenters. The first kappa shape index (κ1) is 33.0. The summed E-state index contributed by atoms with van der Waals surface area (Å²) in [7, 11) is 3.42. The van der Waals surface area contributed by atoms with E-state index in [1.54, 1.807) is 21.0 Å². The molecule has 2 aliphatic carbocycles. The highest BCUT2D eigenvalue weighted by molar-refractivity contribution is 5.86. The van der Waals surface area contributed by atoms with E-state index in [0.29, 0.717) is 18.7 Å². The fourth-order valence-corrected chi connectivity index (χ4v) is 5.22. The first-order valence-corrected chi connectivity index (χ1v) is 13.8. The summed E-state index contributed by atoms with van der Waals surface area (Å²) in [5.41, 5.74) is 16.8. The summed E-state index contributed by atoms with van der Waals surface area (Å²) in [6.07, 6.45) is -4.44. The van der Waals surface area contributed by atoms with E-state index in [2.05, 4.69) is 16.0 Å². The van der Waals surface area contributed by atoms with Crippen molar-refractivity contribution in [3.63, 3.8) is 0 Å². The molecular weight excluding hydrogens is 528 g/mol. The Kier molecular flexibility index (Phi) is 12.1. The van der Waals surface area contributed by atoms with Gasteiger partial charge >= 0.3 is 0 Å². The molecule has 3 aliphatic rings. The quantitative estimate of drug-likeness (QED) is 0.0878. The van der Waals surface area contributed by atoms with E-state index in [9.17, 15) is 25.2 Å². The van der Waals surface area contributed by atoms with Crippen LogP contribution < -0.4 is 33.2 Å². The molecule has 3 rings (SSSR count). The van der Waals surface area contributed by atoms with E-state index in [4.69, 9.17) is 36.1 Å². The number of amides is 1. The van der Waals surface area contributed by atoms with Crippen LogP contribution >= 0.6 is 0 Å². The molecule has 1 heterocycles. The number of ether oxygens (including phenoxy) is 4. The van der Waals surface area contributed by atoms with Crippen molar-refractivity contribution >= 4 is 5.91 Å². The molecule has 232 valence electrons. The Balaban J connectivity index is 1.84. The number of aliphatic hydroxyl groups excluding tert-OH is 3. The number of nitrogens with one attached hydrogen (secondary N) is 3. The van der Waals surface area contributed by atoms with Crippen LogP contribution in [-0.2, 0) is 23.7 Å². The van der Waals surface area contributed by atoms with Crippen LogP contribution in [0.4, 0.5) is 0 Å². The van der Waals surface area contributed by atoms with Gasteiger partial charge in [-0.05, 0) is 39.9 Å². The zero-order valence-corrected chi connectivity index (χ0v) is 23.4. The summed E-state index contributed by atoms with van der Waals surface area (Å²) in [6, 6.07) is -2.99. The van der Waals surface area contributed by atoms with Gasteiger partial charge < -0.3 is 72.5 Å². The summed E-state index contributed by atoms with van der Waals surface area (Å²) in [5.74, 6) is -0.0254. The Morgan fingerprint density at radius 3 is 2.52 bits per heavy atom. The van der Waals surface area contributed by atoms with Gasteiger partial charge in [-0.2, -0.15) is 0 Å². The number of rotatable bonds is 14. The number of carbonyl (C=O) groups is 1. The Hall–Kier alpha value is -1.47. The van der Waals surface area contributed by atoms with Gasteiger partial charge in [-0.25, -0.2) is 0 Å². The lowest BCUT2D eigenvalue weighted by molar-refractivity contribution is -0.272. The maximum Gasteiger partial charge on any atom is 0.252 e. The van der Waals surface area contributed by atoms with Crippen LogP contribution in [-0.4, -0.2) is 133 Å². The highest BCUT2D eigenvalue weighted by Gasteiger charge is 2.52. The van der Waals surface area contributed by atoms with Crippen molar-refractivity contribution in [2.75, 3.05) is 33.9 Å². The molecule has 1 amide bonds. The summed E-state index contributed by atoms with van der Waals surface area (Å²) in [4.78, 5) is 13.0. The number of hydrogen-bond donors (Lipinski definition) is 10. The van der Waals surface area contributed by atoms with Gasteiger partial charge in [0.2, 0.25) is 6.29 Å². The first-order chi connectivity index (χ1) is 18.9. The van der Waals surface area contributed by atoms with E-state index in [1.807, 2.05) is 6.08 Å². The summed E-state index contributed by atoms with van der Waals surface area (Å²) < 4.78 is 23.7. The van der Waals surface area contributed by atoms with Crippen molar-refractivity contribution in [2.45, 2.75) is 105 Å². The van der Waals surface area contributed by atoms with Crippen molar-refractivity contribution in [1.29, 1.82) is 0 Å². The van der Waals surface area contributed by atoms with Crippen molar-refractivity contribution in [2.24, 2.45) is 17.2 Å². The number of likely N-dealkylation sites (N-methyl/N-ethyl adjacent to an activating group) is 2. The van der Waals surface area contributed by atoms with Crippen LogP contribution in [0, 0.1) is 0 Å². The molecule has 1 aliphatic heterocycles. The zero-order valence-electron chi connectivity index (χ0n) is 23.4. The van der Waals surface area contributed by atoms with Crippen LogP contribution in [0.2, 0.25) is 0 Å². The van der Waals surface area contributed by atoms with Gasteiger partial charge in [-0.1, -0.05) is 0 Å². The third-order valence-corrected chi connectivity index (χ3v) is 7.74. The molecule has 13 N–H and O–H groups in total. The highest BCUT2D eigenvalue weighted by Crippen LogP contribution is 2.33. The van der Waals surface area contributed by atoms with Crippen LogP contribution in [0.1, 0.15) is 32.6 Å². The Bertz CT molecular complexity index is 848. The molecule has 0 aromatic heterocycles. The summed E-state index contributed by atoms with van der Waals surface area (Å²) >= 11 is 0. The van der Waals surface area contributed by atoms with Crippen LogP contribution in [0.3, 0.4) is 0 Å². The predicted octanol–water partition coefficient (Wildman–Crippen LogP) is -4.33. The number of nitrogens with two attached hydrogens (primary N) is 3. The fraction of sp³-hybridized carbons (Fsp3) is 0.880. The lowest BCUT2D eigenvalue weighted by Gasteiger charge is -2.47. The average Bonchev–Trinajstić information content (AvgIpc) is 2.90. The molecule has 0 spiro atoms. The lowest BCUT2D eigenvalue weighted by atomic mass is 9.75. The monoisotopic (exact) mass is 576 g/mol. The molecule has 0 aromatic rings. The maximum atomic E-state index is 13.0. The molecule has 0 radical (unpaired) electrons. The minimum Gasteiger partial charge on any atom is -0.467 e. The second-order valence-corrected chi connectivity index (χ2v) is 11.0. The number of carbonyl (C=O) groups excluding carboxylic acids is 1. The molecule has 0 aromatic carbocycles. The van der Waals surface area contributed by atoms with Gasteiger partial charge in [0.15, 0.2) is 6.29 Å². The van der Waals surface area contributed by atoms with Gasteiger partial charge in [0.25, 0.3) is 5.91 Å². The second-order valence-electron chi connectivity index (χ2n) is 11.0. The standard InChI is InChI=1S/C25H48N6O9/c1-12(30-3)18(33)23(37-7-6-32)40-21-17(31-24(35)25(36)9-13(26)10-25)8-16(28)20(19(21)34)39-22-15(27)5-4-14(38-22)11-29-2/h4,12-13,15-23,29-30,32-34,36H,5-11,26-28H2,1-3H3,(H,31,35)/t12-,13?,15+,16-,17+,18+,19-,20+,21-,22+,23+,25?/m0/s1. The Morgan fingerprint density at radius 1 is 1.23 bits per heavy atom. The molecule has 15 nitrogen and oxygen atoms in total. The summed E-state index contributed by atoms with van der Waals surface area (Å²) in [5, 5.41) is 51.1. The Labute approximate surface area is 234 Å². The van der Waals surface area contributed by atoms with Crippen LogP contribution in [0.5, 0.6) is 0 Å². The molecule has 0 saturated heterocycles. The molecule has 0 bridgehead atoms. The minimum absolute atomic E-state index is 0.0891. The molecule has 2 saturated carbocycles. The first-order valence-electron chi connectivity index (χ1n) is 13.8. The van der Waals surface area contributed by atoms with E-state index >= 15 is 0 Å². The predicted molar refractivity (Wildman–Crippen MR) is 143 cm³/mol. The van der Waals surface area contributed by atoms with Crippen molar-refractivity contribution in [3.05, 3.63) is 11.8 Å². The zero-order chi connectivity index (χ0) is 29.6. The molecule has 15 heteroatoms. The van der Waals surface area contributed by atoms with E-state index in [-0.39, 0.29) is 38.5 Å². The maximum absolute atomic E-state index is 13.0. The fourth-order valence-electron chi connectivity index (χ4n) is 5.22. The third-order valence-electron chi connectivity index (χ3n) is 7.74. The van der Waals surface area contributed by atoms with E-state index in [0.717, 1.165) is 0 Å². The topological polar surface area (TPSA) is 249 Å². The van der Waals surface area contributed by atoms with Gasteiger partial charge in [0, 0.05) is 31.0 Å². The van der Waals surface area contributed by atoms with Gasteiger partial charge in [-0.3, -0.25) is 4.79 Å². The van der Waals surface area contributed by atoms with Crippen molar-refractivity contribution < 1.29 is 44.2 Å². The lowest BCUT2D eigenvalue weighted by Crippen LogP contribution is -2.69. The van der Waals surface area contributed by atoms with Crippen LogP contribution in [0.25, 0.3) is 0 Å². The number of aliphatic hydroxyl groups is 4. The SMILES string of the molecule is CNCC1=CC[C@@H](N)[C@@H](O[C@H]2[C@H](O)[C@@H](O[C@@H](OCCO)[C@H](O)[C@H](C)NC)[C@H](NC(=O)C3(O)CC(N)C3)C[C@@H]2N)O1. The molecule has 2 fully saturated rings. The largest absolute Gasteiger partial charge is 0.467 e.